The van der Waals surface area contributed by atoms with Gasteiger partial charge in [0.05, 0.1) is 6.54 Å². The maximum absolute atomic E-state index is 5.27. The molecule has 1 rings (SSSR count). The van der Waals surface area contributed by atoms with Crippen molar-refractivity contribution in [3.63, 3.8) is 0 Å². The number of halogens is 1. The summed E-state index contributed by atoms with van der Waals surface area (Å²) in [6, 6.07) is 1.92. The molecular formula is C12H24IN5O. The SMILES string of the molecule is CCOCCCNC(=NC)NCCn1cccn1.I. The molecule has 1 heterocycles. The summed E-state index contributed by atoms with van der Waals surface area (Å²) in [7, 11) is 1.77. The molecule has 0 aliphatic rings. The first-order chi connectivity index (χ1) is 8.86. The monoisotopic (exact) mass is 381 g/mol. The van der Waals surface area contributed by atoms with Crippen molar-refractivity contribution >= 4 is 29.9 Å². The zero-order valence-corrected chi connectivity index (χ0v) is 14.0. The number of guanidine groups is 1. The van der Waals surface area contributed by atoms with Crippen LogP contribution in [0.1, 0.15) is 13.3 Å². The molecule has 0 aliphatic heterocycles. The fourth-order valence-corrected chi connectivity index (χ4v) is 1.47. The third kappa shape index (κ3) is 8.82. The molecule has 6 nitrogen and oxygen atoms in total. The molecule has 19 heavy (non-hydrogen) atoms. The van der Waals surface area contributed by atoms with Crippen LogP contribution in [0.15, 0.2) is 23.5 Å². The summed E-state index contributed by atoms with van der Waals surface area (Å²) < 4.78 is 7.15. The second-order valence-corrected chi connectivity index (χ2v) is 3.75. The lowest BCUT2D eigenvalue weighted by atomic mass is 10.4. The van der Waals surface area contributed by atoms with Gasteiger partial charge < -0.3 is 15.4 Å². The van der Waals surface area contributed by atoms with Crippen LogP contribution in [0.5, 0.6) is 0 Å². The molecular weight excluding hydrogens is 357 g/mol. The highest BCUT2D eigenvalue weighted by Crippen LogP contribution is 1.83. The van der Waals surface area contributed by atoms with Gasteiger partial charge in [-0.15, -0.1) is 24.0 Å². The Kier molecular flexibility index (Phi) is 11.7. The second-order valence-electron chi connectivity index (χ2n) is 3.75. The van der Waals surface area contributed by atoms with Crippen LogP contribution in [0.25, 0.3) is 0 Å². The Hall–Kier alpha value is -0.830. The summed E-state index contributed by atoms with van der Waals surface area (Å²) >= 11 is 0. The Morgan fingerprint density at radius 2 is 2.16 bits per heavy atom. The van der Waals surface area contributed by atoms with E-state index in [0.717, 1.165) is 45.2 Å². The van der Waals surface area contributed by atoms with E-state index in [1.807, 2.05) is 23.9 Å². The molecule has 0 bridgehead atoms. The highest BCUT2D eigenvalue weighted by molar-refractivity contribution is 14.0. The summed E-state index contributed by atoms with van der Waals surface area (Å²) in [5.41, 5.74) is 0. The summed E-state index contributed by atoms with van der Waals surface area (Å²) in [6.45, 7) is 6.05. The van der Waals surface area contributed by atoms with Crippen molar-refractivity contribution in [1.29, 1.82) is 0 Å². The number of aliphatic imine (C=N–C) groups is 1. The van der Waals surface area contributed by atoms with Gasteiger partial charge in [-0.1, -0.05) is 0 Å². The molecule has 2 N–H and O–H groups in total. The normalized spacial score (nSPS) is 10.9. The van der Waals surface area contributed by atoms with Gasteiger partial charge in [0.1, 0.15) is 0 Å². The first-order valence-corrected chi connectivity index (χ1v) is 6.36. The Morgan fingerprint density at radius 3 is 2.79 bits per heavy atom. The molecule has 0 atom stereocenters. The number of hydrogen-bond acceptors (Lipinski definition) is 3. The molecule has 110 valence electrons. The van der Waals surface area contributed by atoms with E-state index in [9.17, 15) is 0 Å². The molecule has 0 aromatic carbocycles. The second kappa shape index (κ2) is 12.2. The van der Waals surface area contributed by atoms with Gasteiger partial charge in [0.15, 0.2) is 5.96 Å². The van der Waals surface area contributed by atoms with Crippen LogP contribution in [0.2, 0.25) is 0 Å². The summed E-state index contributed by atoms with van der Waals surface area (Å²) in [5, 5.41) is 10.6. The number of nitrogens with zero attached hydrogens (tertiary/aromatic N) is 3. The molecule has 0 amide bonds. The van der Waals surface area contributed by atoms with Crippen molar-refractivity contribution < 1.29 is 4.74 Å². The van der Waals surface area contributed by atoms with E-state index >= 15 is 0 Å². The zero-order valence-electron chi connectivity index (χ0n) is 11.6. The molecule has 0 spiro atoms. The Bertz CT molecular complexity index is 329. The molecule has 7 heteroatoms. The fourth-order valence-electron chi connectivity index (χ4n) is 1.47. The number of ether oxygens (including phenoxy) is 1. The van der Waals surface area contributed by atoms with Gasteiger partial charge in [0, 0.05) is 45.7 Å². The van der Waals surface area contributed by atoms with Crippen LogP contribution in [-0.4, -0.2) is 49.1 Å². The Morgan fingerprint density at radius 1 is 1.37 bits per heavy atom. The first-order valence-electron chi connectivity index (χ1n) is 6.36. The predicted molar refractivity (Wildman–Crippen MR) is 88.1 cm³/mol. The van der Waals surface area contributed by atoms with E-state index < -0.39 is 0 Å². The van der Waals surface area contributed by atoms with Gasteiger partial charge in [0.2, 0.25) is 0 Å². The molecule has 0 saturated heterocycles. The lowest BCUT2D eigenvalue weighted by Gasteiger charge is -2.11. The standard InChI is InChI=1S/C12H23N5O.HI/c1-3-18-11-5-6-14-12(13-2)15-8-10-17-9-4-7-16-17;/h4,7,9H,3,5-6,8,10-11H2,1-2H3,(H2,13,14,15);1H. The van der Waals surface area contributed by atoms with Crippen LogP contribution in [0, 0.1) is 0 Å². The minimum atomic E-state index is 0. The van der Waals surface area contributed by atoms with Crippen molar-refractivity contribution in [2.24, 2.45) is 4.99 Å². The van der Waals surface area contributed by atoms with Crippen molar-refractivity contribution in [1.82, 2.24) is 20.4 Å². The van der Waals surface area contributed by atoms with Gasteiger partial charge in [0.25, 0.3) is 0 Å². The first kappa shape index (κ1) is 18.2. The van der Waals surface area contributed by atoms with Gasteiger partial charge in [-0.2, -0.15) is 5.10 Å². The third-order valence-electron chi connectivity index (χ3n) is 2.38. The van der Waals surface area contributed by atoms with E-state index in [1.54, 1.807) is 13.2 Å². The number of nitrogens with one attached hydrogen (secondary N) is 2. The smallest absolute Gasteiger partial charge is 0.191 e. The molecule has 0 radical (unpaired) electrons. The van der Waals surface area contributed by atoms with Crippen molar-refractivity contribution in [2.75, 3.05) is 33.4 Å². The largest absolute Gasteiger partial charge is 0.382 e. The van der Waals surface area contributed by atoms with Gasteiger partial charge in [-0.25, -0.2) is 0 Å². The van der Waals surface area contributed by atoms with E-state index in [2.05, 4.69) is 20.7 Å². The zero-order chi connectivity index (χ0) is 13.1. The third-order valence-corrected chi connectivity index (χ3v) is 2.38. The van der Waals surface area contributed by atoms with E-state index in [0.29, 0.717) is 0 Å². The van der Waals surface area contributed by atoms with Crippen LogP contribution < -0.4 is 10.6 Å². The predicted octanol–water partition coefficient (Wildman–Crippen LogP) is 1.09. The van der Waals surface area contributed by atoms with E-state index in [1.165, 1.54) is 0 Å². The molecule has 1 aromatic heterocycles. The Balaban J connectivity index is 0.00000324. The van der Waals surface area contributed by atoms with Gasteiger partial charge >= 0.3 is 0 Å². The highest BCUT2D eigenvalue weighted by Gasteiger charge is 1.96. The van der Waals surface area contributed by atoms with Gasteiger partial charge in [-0.3, -0.25) is 9.67 Å². The molecule has 0 saturated carbocycles. The van der Waals surface area contributed by atoms with Crippen LogP contribution in [0.4, 0.5) is 0 Å². The van der Waals surface area contributed by atoms with Crippen LogP contribution in [0.3, 0.4) is 0 Å². The molecule has 0 fully saturated rings. The number of hydrogen-bond donors (Lipinski definition) is 2. The topological polar surface area (TPSA) is 63.5 Å². The Labute approximate surface area is 132 Å². The summed E-state index contributed by atoms with van der Waals surface area (Å²) in [5.74, 6) is 0.818. The maximum atomic E-state index is 5.27. The van der Waals surface area contributed by atoms with Crippen LogP contribution >= 0.6 is 24.0 Å². The molecule has 0 aliphatic carbocycles. The minimum absolute atomic E-state index is 0. The highest BCUT2D eigenvalue weighted by atomic mass is 127. The fraction of sp³-hybridized carbons (Fsp3) is 0.667. The van der Waals surface area contributed by atoms with Gasteiger partial charge in [-0.05, 0) is 19.4 Å². The molecule has 1 aromatic rings. The maximum Gasteiger partial charge on any atom is 0.191 e. The van der Waals surface area contributed by atoms with Crippen molar-refractivity contribution in [2.45, 2.75) is 19.9 Å². The number of aromatic nitrogens is 2. The van der Waals surface area contributed by atoms with Crippen molar-refractivity contribution in [3.8, 4) is 0 Å². The lowest BCUT2D eigenvalue weighted by Crippen LogP contribution is -2.39. The average Bonchev–Trinajstić information content (AvgIpc) is 2.89. The van der Waals surface area contributed by atoms with E-state index in [4.69, 9.17) is 4.74 Å². The summed E-state index contributed by atoms with van der Waals surface area (Å²) in [4.78, 5) is 4.15. The minimum Gasteiger partial charge on any atom is -0.382 e. The number of rotatable bonds is 8. The summed E-state index contributed by atoms with van der Waals surface area (Å²) in [6.07, 6.45) is 4.70. The van der Waals surface area contributed by atoms with E-state index in [-0.39, 0.29) is 24.0 Å². The van der Waals surface area contributed by atoms with Crippen molar-refractivity contribution in [3.05, 3.63) is 18.5 Å². The van der Waals surface area contributed by atoms with Crippen LogP contribution in [-0.2, 0) is 11.3 Å². The quantitative estimate of drug-likeness (QED) is 0.306. The average molecular weight is 381 g/mol. The lowest BCUT2D eigenvalue weighted by molar-refractivity contribution is 0.145. The molecule has 0 unspecified atom stereocenters.